The maximum absolute atomic E-state index is 12.2. The third-order valence-electron chi connectivity index (χ3n) is 5.63. The fourth-order valence-corrected chi connectivity index (χ4v) is 3.96. The first kappa shape index (κ1) is 16.8. The Morgan fingerprint density at radius 1 is 1.22 bits per heavy atom. The average molecular weight is 335 g/mol. The van der Waals surface area contributed by atoms with Crippen molar-refractivity contribution in [2.45, 2.75) is 50.4 Å². The van der Waals surface area contributed by atoms with E-state index >= 15 is 0 Å². The quantitative estimate of drug-likeness (QED) is 0.833. The zero-order valence-electron chi connectivity index (χ0n) is 13.7. The summed E-state index contributed by atoms with van der Waals surface area (Å²) in [6.45, 7) is 2.97. The van der Waals surface area contributed by atoms with Crippen LogP contribution in [0.25, 0.3) is 0 Å². The lowest BCUT2D eigenvalue weighted by Crippen LogP contribution is -2.45. The number of piperidine rings is 1. The minimum absolute atomic E-state index is 0.134. The molecule has 0 radical (unpaired) electrons. The Balaban J connectivity index is 1.47. The van der Waals surface area contributed by atoms with Gasteiger partial charge in [0.15, 0.2) is 0 Å². The van der Waals surface area contributed by atoms with Gasteiger partial charge in [-0.2, -0.15) is 0 Å². The van der Waals surface area contributed by atoms with E-state index in [1.165, 1.54) is 24.8 Å². The monoisotopic (exact) mass is 334 g/mol. The van der Waals surface area contributed by atoms with Gasteiger partial charge in [-0.05, 0) is 68.8 Å². The number of halogens is 1. The van der Waals surface area contributed by atoms with Crippen LogP contribution in [0.4, 0.5) is 0 Å². The van der Waals surface area contributed by atoms with E-state index in [0.717, 1.165) is 49.8 Å². The summed E-state index contributed by atoms with van der Waals surface area (Å²) in [4.78, 5) is 12.2. The van der Waals surface area contributed by atoms with E-state index in [1.807, 2.05) is 12.1 Å². The van der Waals surface area contributed by atoms with Crippen LogP contribution in [0.1, 0.15) is 50.5 Å². The van der Waals surface area contributed by atoms with Crippen LogP contribution in [-0.2, 0) is 10.2 Å². The summed E-state index contributed by atoms with van der Waals surface area (Å²) >= 11 is 5.99. The lowest BCUT2D eigenvalue weighted by Gasteiger charge is -2.42. The van der Waals surface area contributed by atoms with E-state index in [2.05, 4.69) is 22.8 Å². The first-order chi connectivity index (χ1) is 11.2. The van der Waals surface area contributed by atoms with Crippen LogP contribution in [-0.4, -0.2) is 25.5 Å². The molecule has 0 atom stereocenters. The summed E-state index contributed by atoms with van der Waals surface area (Å²) in [7, 11) is 0. The largest absolute Gasteiger partial charge is 0.355 e. The molecule has 2 aliphatic rings. The molecule has 1 aromatic carbocycles. The molecule has 4 heteroatoms. The summed E-state index contributed by atoms with van der Waals surface area (Å²) in [5.74, 6) is 0.930. The van der Waals surface area contributed by atoms with Crippen molar-refractivity contribution in [3.63, 3.8) is 0 Å². The average Bonchev–Trinajstić information content (AvgIpc) is 2.54. The predicted molar refractivity (Wildman–Crippen MR) is 94.8 cm³/mol. The summed E-state index contributed by atoms with van der Waals surface area (Å²) in [6, 6.07) is 8.14. The van der Waals surface area contributed by atoms with E-state index in [-0.39, 0.29) is 11.3 Å². The van der Waals surface area contributed by atoms with E-state index in [9.17, 15) is 4.79 Å². The van der Waals surface area contributed by atoms with Gasteiger partial charge in [-0.25, -0.2) is 0 Å². The van der Waals surface area contributed by atoms with Crippen molar-refractivity contribution < 1.29 is 4.79 Å². The second kappa shape index (κ2) is 7.67. The van der Waals surface area contributed by atoms with Crippen LogP contribution < -0.4 is 10.6 Å². The molecule has 0 aromatic heterocycles. The molecule has 0 bridgehead atoms. The number of nitrogens with one attached hydrogen (secondary N) is 2. The van der Waals surface area contributed by atoms with Gasteiger partial charge in [0, 0.05) is 23.4 Å². The van der Waals surface area contributed by atoms with Crippen LogP contribution in [0.5, 0.6) is 0 Å². The second-order valence-electron chi connectivity index (χ2n) is 7.15. The molecule has 1 aromatic rings. The number of carbonyl (C=O) groups is 1. The minimum Gasteiger partial charge on any atom is -0.355 e. The number of rotatable bonds is 6. The van der Waals surface area contributed by atoms with Gasteiger partial charge in [-0.15, -0.1) is 0 Å². The molecule has 23 heavy (non-hydrogen) atoms. The number of carbonyl (C=O) groups excluding carboxylic acids is 1. The van der Waals surface area contributed by atoms with Crippen LogP contribution in [0, 0.1) is 5.92 Å². The number of amides is 1. The maximum atomic E-state index is 12.2. The zero-order valence-corrected chi connectivity index (χ0v) is 14.5. The van der Waals surface area contributed by atoms with E-state index < -0.39 is 0 Å². The SMILES string of the molecule is O=C(CCC1CCNCC1)NCC1(c2ccc(Cl)cc2)CCC1. The molecule has 1 aliphatic heterocycles. The van der Waals surface area contributed by atoms with Gasteiger partial charge in [0.05, 0.1) is 0 Å². The summed E-state index contributed by atoms with van der Waals surface area (Å²) < 4.78 is 0. The minimum atomic E-state index is 0.134. The van der Waals surface area contributed by atoms with Crippen molar-refractivity contribution in [1.29, 1.82) is 0 Å². The summed E-state index contributed by atoms with van der Waals surface area (Å²) in [6.07, 6.45) is 7.67. The zero-order chi connectivity index (χ0) is 16.1. The normalized spacial score (nSPS) is 20.7. The Kier molecular flexibility index (Phi) is 5.60. The molecule has 2 fully saturated rings. The third kappa shape index (κ3) is 4.27. The highest BCUT2D eigenvalue weighted by Crippen LogP contribution is 2.43. The molecule has 3 rings (SSSR count). The molecular formula is C19H27ClN2O. The Morgan fingerprint density at radius 2 is 1.91 bits per heavy atom. The van der Waals surface area contributed by atoms with Crippen molar-refractivity contribution in [1.82, 2.24) is 10.6 Å². The molecule has 1 saturated carbocycles. The summed E-state index contributed by atoms with van der Waals surface area (Å²) in [5.41, 5.74) is 1.45. The molecule has 3 nitrogen and oxygen atoms in total. The van der Waals surface area contributed by atoms with Crippen LogP contribution in [0.2, 0.25) is 5.02 Å². The van der Waals surface area contributed by atoms with Crippen molar-refractivity contribution in [3.05, 3.63) is 34.9 Å². The van der Waals surface area contributed by atoms with Gasteiger partial charge in [-0.1, -0.05) is 30.2 Å². The molecule has 0 unspecified atom stereocenters. The van der Waals surface area contributed by atoms with Crippen molar-refractivity contribution in [3.8, 4) is 0 Å². The van der Waals surface area contributed by atoms with Crippen LogP contribution in [0.3, 0.4) is 0 Å². The van der Waals surface area contributed by atoms with Gasteiger partial charge >= 0.3 is 0 Å². The summed E-state index contributed by atoms with van der Waals surface area (Å²) in [5, 5.41) is 7.34. The van der Waals surface area contributed by atoms with E-state index in [1.54, 1.807) is 0 Å². The Morgan fingerprint density at radius 3 is 2.52 bits per heavy atom. The van der Waals surface area contributed by atoms with Gasteiger partial charge in [0.1, 0.15) is 0 Å². The van der Waals surface area contributed by atoms with Gasteiger partial charge < -0.3 is 10.6 Å². The molecule has 1 amide bonds. The van der Waals surface area contributed by atoms with E-state index in [4.69, 9.17) is 11.6 Å². The standard InChI is InChI=1S/C19H27ClN2O/c20-17-5-3-16(4-6-17)19(10-1-11-19)14-22-18(23)7-2-15-8-12-21-13-9-15/h3-6,15,21H,1-2,7-14H2,(H,22,23). The predicted octanol–water partition coefficient (Wildman–Crippen LogP) is 3.66. The van der Waals surface area contributed by atoms with Gasteiger partial charge in [0.25, 0.3) is 0 Å². The molecule has 126 valence electrons. The molecule has 1 aliphatic carbocycles. The van der Waals surface area contributed by atoms with Crippen LogP contribution >= 0.6 is 11.6 Å². The Hall–Kier alpha value is -1.06. The highest BCUT2D eigenvalue weighted by Gasteiger charge is 2.38. The highest BCUT2D eigenvalue weighted by molar-refractivity contribution is 6.30. The molecular weight excluding hydrogens is 308 g/mol. The number of hydrogen-bond donors (Lipinski definition) is 2. The molecule has 0 spiro atoms. The number of benzene rings is 1. The van der Waals surface area contributed by atoms with Crippen molar-refractivity contribution in [2.24, 2.45) is 5.92 Å². The second-order valence-corrected chi connectivity index (χ2v) is 7.59. The highest BCUT2D eigenvalue weighted by atomic mass is 35.5. The number of hydrogen-bond acceptors (Lipinski definition) is 2. The lowest BCUT2D eigenvalue weighted by molar-refractivity contribution is -0.121. The van der Waals surface area contributed by atoms with Gasteiger partial charge in [0.2, 0.25) is 5.91 Å². The Bertz CT molecular complexity index is 519. The van der Waals surface area contributed by atoms with Crippen molar-refractivity contribution in [2.75, 3.05) is 19.6 Å². The fraction of sp³-hybridized carbons (Fsp3) is 0.632. The third-order valence-corrected chi connectivity index (χ3v) is 5.88. The molecule has 2 N–H and O–H groups in total. The smallest absolute Gasteiger partial charge is 0.220 e. The van der Waals surface area contributed by atoms with Gasteiger partial charge in [-0.3, -0.25) is 4.79 Å². The Labute approximate surface area is 144 Å². The van der Waals surface area contributed by atoms with E-state index in [0.29, 0.717) is 6.42 Å². The maximum Gasteiger partial charge on any atom is 0.220 e. The topological polar surface area (TPSA) is 41.1 Å². The molecule has 1 saturated heterocycles. The van der Waals surface area contributed by atoms with Crippen LogP contribution in [0.15, 0.2) is 24.3 Å². The fourth-order valence-electron chi connectivity index (χ4n) is 3.84. The first-order valence-electron chi connectivity index (χ1n) is 8.91. The molecule has 1 heterocycles. The lowest BCUT2D eigenvalue weighted by atomic mass is 9.64. The first-order valence-corrected chi connectivity index (χ1v) is 9.29. The van der Waals surface area contributed by atoms with Crippen molar-refractivity contribution >= 4 is 17.5 Å².